The second-order valence-electron chi connectivity index (χ2n) is 2.84. The molecule has 0 bridgehead atoms. The molecule has 0 aliphatic heterocycles. The fraction of sp³-hybridized carbons (Fsp3) is 0.222. The summed E-state index contributed by atoms with van der Waals surface area (Å²) >= 11 is 0. The van der Waals surface area contributed by atoms with Crippen LogP contribution < -0.4 is 5.32 Å². The van der Waals surface area contributed by atoms with E-state index in [-0.39, 0.29) is 23.1 Å². The summed E-state index contributed by atoms with van der Waals surface area (Å²) in [5.74, 6) is -0.300. The van der Waals surface area contributed by atoms with Crippen LogP contribution in [-0.4, -0.2) is 16.1 Å². The maximum absolute atomic E-state index is 10.7. The van der Waals surface area contributed by atoms with Crippen LogP contribution in [0.4, 0.5) is 5.69 Å². The molecular weight excluding hydrogens is 170 g/mol. The van der Waals surface area contributed by atoms with E-state index in [4.69, 9.17) is 0 Å². The molecule has 13 heavy (non-hydrogen) atoms. The Bertz CT molecular complexity index is 347. The van der Waals surface area contributed by atoms with E-state index in [1.54, 1.807) is 6.92 Å². The SMILES string of the molecule is CC(=O)Nc1cc(O)c(C)cc1O. The molecule has 0 saturated carbocycles. The van der Waals surface area contributed by atoms with E-state index in [2.05, 4.69) is 5.32 Å². The Labute approximate surface area is 75.8 Å². The van der Waals surface area contributed by atoms with Crippen LogP contribution in [0.5, 0.6) is 11.5 Å². The van der Waals surface area contributed by atoms with Crippen molar-refractivity contribution >= 4 is 11.6 Å². The smallest absolute Gasteiger partial charge is 0.221 e. The first-order valence-corrected chi connectivity index (χ1v) is 3.81. The van der Waals surface area contributed by atoms with E-state index in [0.717, 1.165) is 0 Å². The molecule has 0 aliphatic carbocycles. The Morgan fingerprint density at radius 1 is 1.31 bits per heavy atom. The van der Waals surface area contributed by atoms with Crippen LogP contribution in [0.2, 0.25) is 0 Å². The van der Waals surface area contributed by atoms with E-state index in [0.29, 0.717) is 5.56 Å². The summed E-state index contributed by atoms with van der Waals surface area (Å²) in [4.78, 5) is 10.7. The maximum Gasteiger partial charge on any atom is 0.221 e. The van der Waals surface area contributed by atoms with Crippen LogP contribution in [0, 0.1) is 6.92 Å². The molecule has 0 atom stereocenters. The van der Waals surface area contributed by atoms with Crippen molar-refractivity contribution in [3.63, 3.8) is 0 Å². The van der Waals surface area contributed by atoms with Crippen molar-refractivity contribution in [3.8, 4) is 11.5 Å². The summed E-state index contributed by atoms with van der Waals surface area (Å²) in [6, 6.07) is 2.70. The number of phenolic OH excluding ortho intramolecular Hbond substituents is 2. The van der Waals surface area contributed by atoms with Gasteiger partial charge in [-0.15, -0.1) is 0 Å². The van der Waals surface area contributed by atoms with Gasteiger partial charge in [-0.3, -0.25) is 4.79 Å². The quantitative estimate of drug-likeness (QED) is 0.452. The minimum absolute atomic E-state index is 0.0431. The lowest BCUT2D eigenvalue weighted by atomic mass is 10.2. The Morgan fingerprint density at radius 2 is 1.92 bits per heavy atom. The second kappa shape index (κ2) is 3.35. The monoisotopic (exact) mass is 181 g/mol. The highest BCUT2D eigenvalue weighted by atomic mass is 16.3. The van der Waals surface area contributed by atoms with E-state index < -0.39 is 0 Å². The first kappa shape index (κ1) is 9.38. The molecule has 0 unspecified atom stereocenters. The lowest BCUT2D eigenvalue weighted by Crippen LogP contribution is -2.05. The van der Waals surface area contributed by atoms with Gasteiger partial charge in [0.05, 0.1) is 5.69 Å². The van der Waals surface area contributed by atoms with Crippen LogP contribution in [0.25, 0.3) is 0 Å². The molecule has 1 aromatic carbocycles. The number of carbonyl (C=O) groups is 1. The molecule has 1 rings (SSSR count). The largest absolute Gasteiger partial charge is 0.508 e. The van der Waals surface area contributed by atoms with Crippen molar-refractivity contribution < 1.29 is 15.0 Å². The zero-order valence-corrected chi connectivity index (χ0v) is 7.46. The predicted octanol–water partition coefficient (Wildman–Crippen LogP) is 1.36. The number of phenols is 2. The third-order valence-electron chi connectivity index (χ3n) is 1.62. The zero-order chi connectivity index (χ0) is 10.0. The summed E-state index contributed by atoms with van der Waals surface area (Å²) in [6.45, 7) is 2.99. The Morgan fingerprint density at radius 3 is 2.46 bits per heavy atom. The fourth-order valence-electron chi connectivity index (χ4n) is 0.971. The van der Waals surface area contributed by atoms with Crippen LogP contribution >= 0.6 is 0 Å². The van der Waals surface area contributed by atoms with Crippen molar-refractivity contribution in [3.05, 3.63) is 17.7 Å². The molecule has 1 amide bonds. The van der Waals surface area contributed by atoms with Crippen molar-refractivity contribution in [1.82, 2.24) is 0 Å². The topological polar surface area (TPSA) is 69.6 Å². The number of anilines is 1. The molecule has 0 radical (unpaired) electrons. The summed E-state index contributed by atoms with van der Waals surface area (Å²) < 4.78 is 0. The first-order valence-electron chi connectivity index (χ1n) is 3.81. The third kappa shape index (κ3) is 2.11. The van der Waals surface area contributed by atoms with Crippen LogP contribution in [0.1, 0.15) is 12.5 Å². The van der Waals surface area contributed by atoms with Crippen LogP contribution in [-0.2, 0) is 4.79 Å². The van der Waals surface area contributed by atoms with Gasteiger partial charge in [0, 0.05) is 13.0 Å². The second-order valence-corrected chi connectivity index (χ2v) is 2.84. The predicted molar refractivity (Wildman–Crippen MR) is 48.8 cm³/mol. The first-order chi connectivity index (χ1) is 6.00. The van der Waals surface area contributed by atoms with Crippen molar-refractivity contribution in [1.29, 1.82) is 0 Å². The van der Waals surface area contributed by atoms with Crippen molar-refractivity contribution in [2.45, 2.75) is 13.8 Å². The summed E-state index contributed by atoms with van der Waals surface area (Å²) in [6.07, 6.45) is 0. The van der Waals surface area contributed by atoms with Crippen LogP contribution in [0.3, 0.4) is 0 Å². The van der Waals surface area contributed by atoms with Gasteiger partial charge in [0.15, 0.2) is 0 Å². The average molecular weight is 181 g/mol. The number of carbonyl (C=O) groups excluding carboxylic acids is 1. The molecule has 0 spiro atoms. The Kier molecular flexibility index (Phi) is 2.41. The standard InChI is InChI=1S/C9H11NO3/c1-5-3-9(13)7(4-8(5)12)10-6(2)11/h3-4,12-13H,1-2H3,(H,10,11). The minimum Gasteiger partial charge on any atom is -0.508 e. The van der Waals surface area contributed by atoms with Gasteiger partial charge >= 0.3 is 0 Å². The van der Waals surface area contributed by atoms with E-state index >= 15 is 0 Å². The third-order valence-corrected chi connectivity index (χ3v) is 1.62. The molecule has 0 saturated heterocycles. The number of nitrogens with one attached hydrogen (secondary N) is 1. The van der Waals surface area contributed by atoms with Gasteiger partial charge in [-0.05, 0) is 18.6 Å². The molecule has 70 valence electrons. The van der Waals surface area contributed by atoms with Gasteiger partial charge in [-0.1, -0.05) is 0 Å². The fourth-order valence-corrected chi connectivity index (χ4v) is 0.971. The molecule has 1 aromatic rings. The normalized spacial score (nSPS) is 9.69. The molecule has 0 aliphatic rings. The zero-order valence-electron chi connectivity index (χ0n) is 7.46. The lowest BCUT2D eigenvalue weighted by molar-refractivity contribution is -0.114. The highest BCUT2D eigenvalue weighted by molar-refractivity contribution is 5.90. The molecule has 3 N–H and O–H groups in total. The number of aromatic hydroxyl groups is 2. The molecule has 0 aromatic heterocycles. The average Bonchev–Trinajstić information content (AvgIpc) is 1.99. The Hall–Kier alpha value is -1.71. The molecule has 4 heteroatoms. The van der Waals surface area contributed by atoms with E-state index in [9.17, 15) is 15.0 Å². The number of benzene rings is 1. The summed E-state index contributed by atoms with van der Waals surface area (Å²) in [5.41, 5.74) is 0.780. The molecule has 4 nitrogen and oxygen atoms in total. The van der Waals surface area contributed by atoms with Crippen molar-refractivity contribution in [2.75, 3.05) is 5.32 Å². The number of aryl methyl sites for hydroxylation is 1. The van der Waals surface area contributed by atoms with Gasteiger partial charge in [0.25, 0.3) is 0 Å². The molecule has 0 fully saturated rings. The number of hydrogen-bond acceptors (Lipinski definition) is 3. The van der Waals surface area contributed by atoms with E-state index in [1.165, 1.54) is 19.1 Å². The highest BCUT2D eigenvalue weighted by Crippen LogP contribution is 2.30. The minimum atomic E-state index is -0.293. The van der Waals surface area contributed by atoms with E-state index in [1.807, 2.05) is 0 Å². The number of rotatable bonds is 1. The van der Waals surface area contributed by atoms with Gasteiger partial charge in [-0.2, -0.15) is 0 Å². The van der Waals surface area contributed by atoms with Crippen molar-refractivity contribution in [2.24, 2.45) is 0 Å². The van der Waals surface area contributed by atoms with Gasteiger partial charge in [-0.25, -0.2) is 0 Å². The van der Waals surface area contributed by atoms with Gasteiger partial charge in [0.2, 0.25) is 5.91 Å². The van der Waals surface area contributed by atoms with Gasteiger partial charge < -0.3 is 15.5 Å². The molecular formula is C9H11NO3. The molecule has 0 heterocycles. The Balaban J connectivity index is 3.08. The van der Waals surface area contributed by atoms with Gasteiger partial charge in [0.1, 0.15) is 11.5 Å². The lowest BCUT2D eigenvalue weighted by Gasteiger charge is -2.07. The van der Waals surface area contributed by atoms with Crippen LogP contribution in [0.15, 0.2) is 12.1 Å². The highest BCUT2D eigenvalue weighted by Gasteiger charge is 2.06. The summed E-state index contributed by atoms with van der Waals surface area (Å²) in [7, 11) is 0. The number of hydrogen-bond donors (Lipinski definition) is 3. The maximum atomic E-state index is 10.7. The number of amides is 1. The summed E-state index contributed by atoms with van der Waals surface area (Å²) in [5, 5.41) is 21.0.